The molecular weight excluding hydrogens is 266 g/mol. The zero-order chi connectivity index (χ0) is 14.4. The van der Waals surface area contributed by atoms with Crippen molar-refractivity contribution in [3.8, 4) is 0 Å². The predicted octanol–water partition coefficient (Wildman–Crippen LogP) is 1.26. The van der Waals surface area contributed by atoms with Gasteiger partial charge in [-0.05, 0) is 13.8 Å². The van der Waals surface area contributed by atoms with Crippen LogP contribution < -0.4 is 10.2 Å². The van der Waals surface area contributed by atoms with E-state index >= 15 is 0 Å². The van der Waals surface area contributed by atoms with E-state index < -0.39 is 0 Å². The van der Waals surface area contributed by atoms with Crippen molar-refractivity contribution in [2.45, 2.75) is 33.7 Å². The second-order valence-electron chi connectivity index (χ2n) is 4.29. The highest BCUT2D eigenvalue weighted by Gasteiger charge is 2.16. The number of carbonyl (C=O) groups is 2. The molecule has 1 aromatic heterocycles. The molecule has 0 radical (unpaired) electrons. The number of nitrogens with one attached hydrogen (secondary N) is 2. The van der Waals surface area contributed by atoms with Gasteiger partial charge in [0.1, 0.15) is 0 Å². The van der Waals surface area contributed by atoms with Crippen LogP contribution in [0.3, 0.4) is 0 Å². The standard InChI is InChI=1S/C11H19N5O2S/c1-7(2)16(5-6-19-9(4)18)11-13-10(14-15-11)12-8(3)17/h7H,5-6H2,1-4H3,(H2,12,13,14,15,17). The van der Waals surface area contributed by atoms with Crippen LogP contribution in [-0.4, -0.2) is 44.5 Å². The quantitative estimate of drug-likeness (QED) is 0.817. The molecule has 1 heterocycles. The van der Waals surface area contributed by atoms with Gasteiger partial charge in [-0.1, -0.05) is 11.8 Å². The Balaban J connectivity index is 2.67. The predicted molar refractivity (Wildman–Crippen MR) is 76.3 cm³/mol. The number of hydrogen-bond acceptors (Lipinski definition) is 6. The van der Waals surface area contributed by atoms with Crippen LogP contribution in [0, 0.1) is 0 Å². The number of rotatable bonds is 6. The van der Waals surface area contributed by atoms with E-state index in [4.69, 9.17) is 0 Å². The molecule has 1 aromatic rings. The number of hydrogen-bond donors (Lipinski definition) is 2. The van der Waals surface area contributed by atoms with Crippen LogP contribution in [0.4, 0.5) is 11.9 Å². The second kappa shape index (κ2) is 7.13. The zero-order valence-corrected chi connectivity index (χ0v) is 12.4. The molecule has 8 heteroatoms. The summed E-state index contributed by atoms with van der Waals surface area (Å²) in [5.74, 6) is 1.32. The van der Waals surface area contributed by atoms with Crippen molar-refractivity contribution in [1.29, 1.82) is 0 Å². The smallest absolute Gasteiger partial charge is 0.246 e. The van der Waals surface area contributed by atoms with Gasteiger partial charge in [-0.3, -0.25) is 14.9 Å². The maximum atomic E-state index is 10.9. The van der Waals surface area contributed by atoms with Gasteiger partial charge in [-0.25, -0.2) is 5.10 Å². The minimum Gasteiger partial charge on any atom is -0.336 e. The molecule has 0 saturated carbocycles. The molecule has 7 nitrogen and oxygen atoms in total. The number of aromatic amines is 1. The van der Waals surface area contributed by atoms with Gasteiger partial charge in [0.25, 0.3) is 0 Å². The van der Waals surface area contributed by atoms with Crippen LogP contribution in [0.15, 0.2) is 0 Å². The Morgan fingerprint density at radius 3 is 2.63 bits per heavy atom. The molecule has 0 saturated heterocycles. The number of nitrogens with zero attached hydrogens (tertiary/aromatic N) is 3. The molecule has 0 aliphatic carbocycles. The summed E-state index contributed by atoms with van der Waals surface area (Å²) in [5.41, 5.74) is 0. The average molecular weight is 285 g/mol. The molecule has 0 aliphatic heterocycles. The molecule has 0 fully saturated rings. The third-order valence-electron chi connectivity index (χ3n) is 2.29. The van der Waals surface area contributed by atoms with Crippen molar-refractivity contribution in [2.24, 2.45) is 0 Å². The lowest BCUT2D eigenvalue weighted by Gasteiger charge is -2.24. The van der Waals surface area contributed by atoms with Crippen LogP contribution in [-0.2, 0) is 9.59 Å². The van der Waals surface area contributed by atoms with Crippen molar-refractivity contribution in [1.82, 2.24) is 15.2 Å². The number of aromatic nitrogens is 3. The summed E-state index contributed by atoms with van der Waals surface area (Å²) in [6, 6.07) is 0.202. The highest BCUT2D eigenvalue weighted by molar-refractivity contribution is 8.13. The molecule has 19 heavy (non-hydrogen) atoms. The number of anilines is 2. The number of carbonyl (C=O) groups excluding carboxylic acids is 2. The monoisotopic (exact) mass is 285 g/mol. The first-order valence-corrected chi connectivity index (χ1v) is 6.98. The summed E-state index contributed by atoms with van der Waals surface area (Å²) in [7, 11) is 0. The summed E-state index contributed by atoms with van der Waals surface area (Å²) in [4.78, 5) is 28.0. The van der Waals surface area contributed by atoms with Crippen molar-refractivity contribution in [3.05, 3.63) is 0 Å². The topological polar surface area (TPSA) is 91.0 Å². The molecule has 0 atom stereocenters. The van der Waals surface area contributed by atoms with E-state index in [0.29, 0.717) is 24.2 Å². The van der Waals surface area contributed by atoms with Gasteiger partial charge in [-0.15, -0.1) is 5.10 Å². The van der Waals surface area contributed by atoms with Crippen molar-refractivity contribution >= 4 is 34.7 Å². The third-order valence-corrected chi connectivity index (χ3v) is 3.08. The minimum atomic E-state index is -0.203. The van der Waals surface area contributed by atoms with E-state index in [9.17, 15) is 9.59 Å². The molecule has 0 bridgehead atoms. The summed E-state index contributed by atoms with van der Waals surface area (Å²) in [6.07, 6.45) is 0. The van der Waals surface area contributed by atoms with E-state index in [0.717, 1.165) is 0 Å². The normalized spacial score (nSPS) is 10.6. The lowest BCUT2D eigenvalue weighted by atomic mass is 10.3. The summed E-state index contributed by atoms with van der Waals surface area (Å²) in [5, 5.41) is 9.37. The Hall–Kier alpha value is -1.57. The first kappa shape index (κ1) is 15.5. The van der Waals surface area contributed by atoms with Gasteiger partial charge < -0.3 is 4.90 Å². The Kier molecular flexibility index (Phi) is 5.81. The number of H-pyrrole nitrogens is 1. The highest BCUT2D eigenvalue weighted by atomic mass is 32.2. The number of thioether (sulfide) groups is 1. The molecule has 106 valence electrons. The third kappa shape index (κ3) is 5.29. The molecule has 2 N–H and O–H groups in total. The van der Waals surface area contributed by atoms with E-state index in [2.05, 4.69) is 20.5 Å². The van der Waals surface area contributed by atoms with E-state index in [-0.39, 0.29) is 17.1 Å². The lowest BCUT2D eigenvalue weighted by Crippen LogP contribution is -2.34. The largest absolute Gasteiger partial charge is 0.336 e. The first-order valence-electron chi connectivity index (χ1n) is 6.00. The van der Waals surface area contributed by atoms with Gasteiger partial charge in [0.15, 0.2) is 5.12 Å². The van der Waals surface area contributed by atoms with Crippen LogP contribution in [0.1, 0.15) is 27.7 Å². The molecule has 0 aromatic carbocycles. The van der Waals surface area contributed by atoms with Crippen molar-refractivity contribution in [3.63, 3.8) is 0 Å². The first-order chi connectivity index (χ1) is 8.90. The van der Waals surface area contributed by atoms with Gasteiger partial charge in [0.2, 0.25) is 17.8 Å². The van der Waals surface area contributed by atoms with Gasteiger partial charge in [-0.2, -0.15) is 4.98 Å². The fraction of sp³-hybridized carbons (Fsp3) is 0.636. The summed E-state index contributed by atoms with van der Waals surface area (Å²) < 4.78 is 0. The van der Waals surface area contributed by atoms with Crippen molar-refractivity contribution < 1.29 is 9.59 Å². The molecule has 1 rings (SSSR count). The Morgan fingerprint density at radius 2 is 2.11 bits per heavy atom. The van der Waals surface area contributed by atoms with Gasteiger partial charge in [0.05, 0.1) is 0 Å². The molecular formula is C11H19N5O2S. The number of amides is 1. The SMILES string of the molecule is CC(=O)Nc1nc(N(CCSC(C)=O)C(C)C)n[nH]1. The van der Waals surface area contributed by atoms with E-state index in [1.54, 1.807) is 6.92 Å². The molecule has 0 aliphatic rings. The molecule has 0 spiro atoms. The maximum Gasteiger partial charge on any atom is 0.246 e. The Morgan fingerprint density at radius 1 is 1.42 bits per heavy atom. The summed E-state index contributed by atoms with van der Waals surface area (Å²) in [6.45, 7) is 7.66. The highest BCUT2D eigenvalue weighted by Crippen LogP contribution is 2.14. The van der Waals surface area contributed by atoms with Gasteiger partial charge >= 0.3 is 0 Å². The summed E-state index contributed by atoms with van der Waals surface area (Å²) >= 11 is 1.27. The van der Waals surface area contributed by atoms with Crippen LogP contribution in [0.25, 0.3) is 0 Å². The fourth-order valence-electron chi connectivity index (χ4n) is 1.48. The van der Waals surface area contributed by atoms with Gasteiger partial charge in [0, 0.05) is 32.2 Å². The Labute approximate surface area is 116 Å². The van der Waals surface area contributed by atoms with Crippen molar-refractivity contribution in [2.75, 3.05) is 22.5 Å². The van der Waals surface area contributed by atoms with Crippen LogP contribution in [0.5, 0.6) is 0 Å². The maximum absolute atomic E-state index is 10.9. The average Bonchev–Trinajstić information content (AvgIpc) is 2.70. The molecule has 0 unspecified atom stereocenters. The molecule has 1 amide bonds. The van der Waals surface area contributed by atoms with Crippen LogP contribution >= 0.6 is 11.8 Å². The Bertz CT molecular complexity index is 446. The van der Waals surface area contributed by atoms with Crippen LogP contribution in [0.2, 0.25) is 0 Å². The van der Waals surface area contributed by atoms with E-state index in [1.807, 2.05) is 18.7 Å². The second-order valence-corrected chi connectivity index (χ2v) is 5.56. The van der Waals surface area contributed by atoms with E-state index in [1.165, 1.54) is 18.7 Å². The zero-order valence-electron chi connectivity index (χ0n) is 11.6. The fourth-order valence-corrected chi connectivity index (χ4v) is 2.06. The lowest BCUT2D eigenvalue weighted by molar-refractivity contribution is -0.114. The minimum absolute atomic E-state index is 0.0950.